The molecule has 1 saturated heterocycles. The highest BCUT2D eigenvalue weighted by molar-refractivity contribution is 7.99. The van der Waals surface area contributed by atoms with Gasteiger partial charge in [-0.3, -0.25) is 9.69 Å². The third-order valence-electron chi connectivity index (χ3n) is 3.56. The summed E-state index contributed by atoms with van der Waals surface area (Å²) in [6.45, 7) is 1.07. The van der Waals surface area contributed by atoms with Crippen molar-refractivity contribution < 1.29 is 9.90 Å². The monoisotopic (exact) mass is 258 g/mol. The van der Waals surface area contributed by atoms with Crippen molar-refractivity contribution in [2.45, 2.75) is 31.3 Å². The lowest BCUT2D eigenvalue weighted by atomic mass is 10.2. The predicted molar refractivity (Wildman–Crippen MR) is 70.2 cm³/mol. The molecule has 4 nitrogen and oxygen atoms in total. The van der Waals surface area contributed by atoms with Gasteiger partial charge in [0.1, 0.15) is 0 Å². The van der Waals surface area contributed by atoms with Crippen LogP contribution in [-0.2, 0) is 4.79 Å². The Bertz CT molecular complexity index is 265. The van der Waals surface area contributed by atoms with Crippen LogP contribution >= 0.6 is 11.8 Å². The number of aliphatic hydroxyl groups is 1. The molecule has 0 bridgehead atoms. The van der Waals surface area contributed by atoms with Gasteiger partial charge in [-0.05, 0) is 32.1 Å². The van der Waals surface area contributed by atoms with Crippen molar-refractivity contribution in [3.05, 3.63) is 0 Å². The first-order valence-corrected chi connectivity index (χ1v) is 7.56. The molecule has 1 atom stereocenters. The van der Waals surface area contributed by atoms with E-state index in [0.717, 1.165) is 18.6 Å². The fourth-order valence-corrected chi connectivity index (χ4v) is 3.61. The Balaban J connectivity index is 1.81. The number of hydrogen-bond donors (Lipinski definition) is 1. The van der Waals surface area contributed by atoms with Crippen LogP contribution in [-0.4, -0.2) is 71.1 Å². The van der Waals surface area contributed by atoms with Crippen LogP contribution < -0.4 is 0 Å². The summed E-state index contributed by atoms with van der Waals surface area (Å²) in [5.41, 5.74) is 0. The molecule has 98 valence electrons. The Hall–Kier alpha value is -0.260. The van der Waals surface area contributed by atoms with Gasteiger partial charge in [0.2, 0.25) is 5.91 Å². The quantitative estimate of drug-likeness (QED) is 0.749. The van der Waals surface area contributed by atoms with E-state index in [-0.39, 0.29) is 12.5 Å². The molecule has 17 heavy (non-hydrogen) atoms. The van der Waals surface area contributed by atoms with Gasteiger partial charge >= 0.3 is 0 Å². The SMILES string of the molecule is CN(CC(=O)N(CCO)C1CC1)C1CCSC1. The third-order valence-corrected chi connectivity index (χ3v) is 4.71. The Morgan fingerprint density at radius 1 is 1.35 bits per heavy atom. The predicted octanol–water partition coefficient (Wildman–Crippen LogP) is 0.407. The van der Waals surface area contributed by atoms with Crippen LogP contribution in [0, 0.1) is 0 Å². The molecule has 0 aromatic heterocycles. The number of rotatable bonds is 6. The smallest absolute Gasteiger partial charge is 0.237 e. The number of likely N-dealkylation sites (N-methyl/N-ethyl adjacent to an activating group) is 1. The Morgan fingerprint density at radius 2 is 2.12 bits per heavy atom. The molecule has 1 unspecified atom stereocenters. The van der Waals surface area contributed by atoms with Gasteiger partial charge < -0.3 is 10.0 Å². The second-order valence-electron chi connectivity index (χ2n) is 4.97. The van der Waals surface area contributed by atoms with Gasteiger partial charge in [0.15, 0.2) is 0 Å². The minimum atomic E-state index is 0.0746. The molecular weight excluding hydrogens is 236 g/mol. The molecule has 0 radical (unpaired) electrons. The number of carbonyl (C=O) groups is 1. The van der Waals surface area contributed by atoms with Crippen molar-refractivity contribution in [3.63, 3.8) is 0 Å². The lowest BCUT2D eigenvalue weighted by Crippen LogP contribution is -2.44. The van der Waals surface area contributed by atoms with E-state index in [4.69, 9.17) is 5.11 Å². The zero-order valence-corrected chi connectivity index (χ0v) is 11.3. The van der Waals surface area contributed by atoms with Gasteiger partial charge in [-0.25, -0.2) is 0 Å². The zero-order valence-electron chi connectivity index (χ0n) is 10.5. The van der Waals surface area contributed by atoms with E-state index < -0.39 is 0 Å². The lowest BCUT2D eigenvalue weighted by Gasteiger charge is -2.27. The first-order chi connectivity index (χ1) is 8.22. The summed E-state index contributed by atoms with van der Waals surface area (Å²) < 4.78 is 0. The standard InChI is InChI=1S/C12H22N2O2S/c1-13(11-4-7-17-9-11)8-12(16)14(5-6-15)10-2-3-10/h10-11,15H,2-9H2,1H3. The number of amides is 1. The summed E-state index contributed by atoms with van der Waals surface area (Å²) in [7, 11) is 2.04. The molecule has 1 aliphatic heterocycles. The van der Waals surface area contributed by atoms with Crippen molar-refractivity contribution in [2.24, 2.45) is 0 Å². The molecule has 1 heterocycles. The number of carbonyl (C=O) groups excluding carboxylic acids is 1. The van der Waals surface area contributed by atoms with Crippen molar-refractivity contribution in [1.82, 2.24) is 9.80 Å². The highest BCUT2D eigenvalue weighted by atomic mass is 32.2. The minimum Gasteiger partial charge on any atom is -0.395 e. The molecule has 0 aromatic rings. The molecule has 1 N–H and O–H groups in total. The van der Waals surface area contributed by atoms with Crippen molar-refractivity contribution in [3.8, 4) is 0 Å². The molecule has 0 spiro atoms. The Kier molecular flexibility index (Phi) is 4.70. The van der Waals surface area contributed by atoms with Gasteiger partial charge in [0, 0.05) is 24.4 Å². The fourth-order valence-electron chi connectivity index (χ4n) is 2.31. The molecular formula is C12H22N2O2S. The summed E-state index contributed by atoms with van der Waals surface area (Å²) in [5, 5.41) is 9.00. The summed E-state index contributed by atoms with van der Waals surface area (Å²) in [5.74, 6) is 2.54. The largest absolute Gasteiger partial charge is 0.395 e. The van der Waals surface area contributed by atoms with Crippen molar-refractivity contribution >= 4 is 17.7 Å². The highest BCUT2D eigenvalue weighted by Crippen LogP contribution is 2.27. The fraction of sp³-hybridized carbons (Fsp3) is 0.917. The van der Waals surface area contributed by atoms with Gasteiger partial charge in [-0.15, -0.1) is 0 Å². The van der Waals surface area contributed by atoms with Gasteiger partial charge in [0.05, 0.1) is 13.2 Å². The second kappa shape index (κ2) is 6.07. The van der Waals surface area contributed by atoms with Gasteiger partial charge in [-0.2, -0.15) is 11.8 Å². The van der Waals surface area contributed by atoms with Gasteiger partial charge in [-0.1, -0.05) is 0 Å². The molecule has 2 rings (SSSR count). The number of nitrogens with zero attached hydrogens (tertiary/aromatic N) is 2. The molecule has 5 heteroatoms. The van der Waals surface area contributed by atoms with Crippen LogP contribution in [0.1, 0.15) is 19.3 Å². The van der Waals surface area contributed by atoms with Crippen molar-refractivity contribution in [1.29, 1.82) is 0 Å². The third kappa shape index (κ3) is 3.60. The van der Waals surface area contributed by atoms with E-state index in [2.05, 4.69) is 4.90 Å². The first kappa shape index (κ1) is 13.2. The molecule has 1 saturated carbocycles. The average Bonchev–Trinajstić information content (AvgIpc) is 2.98. The number of thioether (sulfide) groups is 1. The van der Waals surface area contributed by atoms with E-state index in [9.17, 15) is 4.79 Å². The highest BCUT2D eigenvalue weighted by Gasteiger charge is 2.33. The van der Waals surface area contributed by atoms with E-state index in [1.807, 2.05) is 23.7 Å². The first-order valence-electron chi connectivity index (χ1n) is 6.40. The van der Waals surface area contributed by atoms with E-state index in [1.165, 1.54) is 12.2 Å². The van der Waals surface area contributed by atoms with E-state index in [0.29, 0.717) is 25.2 Å². The maximum atomic E-state index is 12.1. The molecule has 1 aliphatic carbocycles. The summed E-state index contributed by atoms with van der Waals surface area (Å²) >= 11 is 1.97. The summed E-state index contributed by atoms with van der Waals surface area (Å²) in [4.78, 5) is 16.2. The zero-order chi connectivity index (χ0) is 12.3. The summed E-state index contributed by atoms with van der Waals surface area (Å²) in [6, 6.07) is 0.958. The maximum absolute atomic E-state index is 12.1. The molecule has 0 aromatic carbocycles. The lowest BCUT2D eigenvalue weighted by molar-refractivity contribution is -0.133. The van der Waals surface area contributed by atoms with Crippen LogP contribution in [0.4, 0.5) is 0 Å². The topological polar surface area (TPSA) is 43.8 Å². The van der Waals surface area contributed by atoms with Crippen LogP contribution in [0.3, 0.4) is 0 Å². The van der Waals surface area contributed by atoms with Crippen LogP contribution in [0.25, 0.3) is 0 Å². The van der Waals surface area contributed by atoms with Gasteiger partial charge in [0.25, 0.3) is 0 Å². The molecule has 1 amide bonds. The minimum absolute atomic E-state index is 0.0746. The van der Waals surface area contributed by atoms with Crippen LogP contribution in [0.15, 0.2) is 0 Å². The molecule has 2 aliphatic rings. The van der Waals surface area contributed by atoms with E-state index >= 15 is 0 Å². The average molecular weight is 258 g/mol. The summed E-state index contributed by atoms with van der Waals surface area (Å²) in [6.07, 6.45) is 3.40. The number of aliphatic hydroxyl groups excluding tert-OH is 1. The number of hydrogen-bond acceptors (Lipinski definition) is 4. The molecule has 2 fully saturated rings. The second-order valence-corrected chi connectivity index (χ2v) is 6.12. The Morgan fingerprint density at radius 3 is 2.65 bits per heavy atom. The van der Waals surface area contributed by atoms with Crippen LogP contribution in [0.5, 0.6) is 0 Å². The van der Waals surface area contributed by atoms with Crippen molar-refractivity contribution in [2.75, 3.05) is 38.2 Å². The van der Waals surface area contributed by atoms with E-state index in [1.54, 1.807) is 0 Å². The normalized spacial score (nSPS) is 24.3. The van der Waals surface area contributed by atoms with Crippen LogP contribution in [0.2, 0.25) is 0 Å². The maximum Gasteiger partial charge on any atom is 0.237 e. The Labute approximate surface area is 107 Å².